The van der Waals surface area contributed by atoms with Crippen molar-refractivity contribution >= 4 is 93.2 Å². The van der Waals surface area contributed by atoms with Crippen LogP contribution in [-0.4, -0.2) is 47.0 Å². The van der Waals surface area contributed by atoms with Crippen molar-refractivity contribution in [3.8, 4) is 0 Å². The molecule has 39 heavy (non-hydrogen) atoms. The molecule has 0 saturated carbocycles. The maximum Gasteiger partial charge on any atom is 0.329 e. The number of fused-ring (bicyclic) bond motifs is 1. The third-order valence-corrected chi connectivity index (χ3v) is 7.78. The van der Waals surface area contributed by atoms with Gasteiger partial charge < -0.3 is 10.1 Å². The molecular formula is C26H15Cl5N2O6. The molecule has 3 aromatic carbocycles. The van der Waals surface area contributed by atoms with E-state index >= 15 is 0 Å². The number of esters is 1. The minimum atomic E-state index is -1.46. The van der Waals surface area contributed by atoms with Crippen LogP contribution >= 0.6 is 58.0 Å². The summed E-state index contributed by atoms with van der Waals surface area (Å²) in [5, 5.41) is 1.77. The van der Waals surface area contributed by atoms with Crippen LogP contribution in [0.4, 0.5) is 5.69 Å². The van der Waals surface area contributed by atoms with Crippen LogP contribution < -0.4 is 5.32 Å². The summed E-state index contributed by atoms with van der Waals surface area (Å²) in [6.07, 6.45) is 0. The molecule has 0 fully saturated rings. The fraction of sp³-hybridized carbons (Fsp3) is 0.115. The Morgan fingerprint density at radius 3 is 1.97 bits per heavy atom. The van der Waals surface area contributed by atoms with Crippen LogP contribution in [0.25, 0.3) is 0 Å². The number of hydrogen-bond donors (Lipinski definition) is 1. The zero-order valence-electron chi connectivity index (χ0n) is 19.7. The van der Waals surface area contributed by atoms with E-state index in [-0.39, 0.29) is 53.3 Å². The van der Waals surface area contributed by atoms with E-state index in [1.165, 1.54) is 25.1 Å². The van der Waals surface area contributed by atoms with Crippen LogP contribution in [0.3, 0.4) is 0 Å². The number of amides is 3. The van der Waals surface area contributed by atoms with Gasteiger partial charge in [-0.05, 0) is 25.1 Å². The molecule has 0 aromatic heterocycles. The zero-order valence-corrected chi connectivity index (χ0v) is 23.5. The van der Waals surface area contributed by atoms with E-state index in [0.29, 0.717) is 10.5 Å². The Morgan fingerprint density at radius 2 is 1.41 bits per heavy atom. The number of nitrogens with zero attached hydrogens (tertiary/aromatic N) is 1. The van der Waals surface area contributed by atoms with Crippen LogP contribution in [0.1, 0.15) is 43.6 Å². The number of benzene rings is 3. The Balaban J connectivity index is 1.46. The molecule has 13 heteroatoms. The van der Waals surface area contributed by atoms with Gasteiger partial charge in [0.25, 0.3) is 17.7 Å². The van der Waals surface area contributed by atoms with Crippen LogP contribution in [0.2, 0.25) is 25.1 Å². The predicted octanol–water partition coefficient (Wildman–Crippen LogP) is 6.35. The smallest absolute Gasteiger partial charge is 0.329 e. The van der Waals surface area contributed by atoms with Crippen molar-refractivity contribution in [1.82, 2.24) is 4.90 Å². The van der Waals surface area contributed by atoms with Gasteiger partial charge >= 0.3 is 5.97 Å². The summed E-state index contributed by atoms with van der Waals surface area (Å²) in [4.78, 5) is 64.7. The molecule has 3 aromatic rings. The fourth-order valence-corrected chi connectivity index (χ4v) is 5.01. The van der Waals surface area contributed by atoms with E-state index in [4.69, 9.17) is 62.7 Å². The predicted molar refractivity (Wildman–Crippen MR) is 147 cm³/mol. The molecule has 0 bridgehead atoms. The zero-order chi connectivity index (χ0) is 28.6. The lowest BCUT2D eigenvalue weighted by Gasteiger charge is -2.21. The van der Waals surface area contributed by atoms with Crippen LogP contribution in [0.15, 0.2) is 48.5 Å². The quantitative estimate of drug-likeness (QED) is 0.107. The van der Waals surface area contributed by atoms with Crippen molar-refractivity contribution in [1.29, 1.82) is 0 Å². The molecule has 1 atom stereocenters. The molecule has 0 radical (unpaired) electrons. The number of hydrogen-bond acceptors (Lipinski definition) is 6. The molecule has 0 aliphatic carbocycles. The summed E-state index contributed by atoms with van der Waals surface area (Å²) in [5.41, 5.74) is 0.0486. The van der Waals surface area contributed by atoms with Gasteiger partial charge in [0.15, 0.2) is 12.4 Å². The lowest BCUT2D eigenvalue weighted by molar-refractivity contribution is -0.150. The van der Waals surface area contributed by atoms with Crippen molar-refractivity contribution in [2.75, 3.05) is 11.9 Å². The van der Waals surface area contributed by atoms with Crippen molar-refractivity contribution < 1.29 is 28.7 Å². The summed E-state index contributed by atoms with van der Waals surface area (Å²) in [5.74, 6) is -4.10. The van der Waals surface area contributed by atoms with Crippen LogP contribution in [0.5, 0.6) is 0 Å². The van der Waals surface area contributed by atoms with Crippen molar-refractivity contribution in [2.45, 2.75) is 13.0 Å². The summed E-state index contributed by atoms with van der Waals surface area (Å²) in [6.45, 7) is 0.440. The molecule has 1 aliphatic rings. The molecule has 1 N–H and O–H groups in total. The van der Waals surface area contributed by atoms with Gasteiger partial charge in [0.1, 0.15) is 6.04 Å². The molecule has 0 spiro atoms. The largest absolute Gasteiger partial charge is 0.454 e. The number of rotatable bonds is 7. The second-order valence-electron chi connectivity index (χ2n) is 8.20. The number of ketones is 1. The lowest BCUT2D eigenvalue weighted by atomic mass is 10.0. The van der Waals surface area contributed by atoms with Crippen molar-refractivity contribution in [3.63, 3.8) is 0 Å². The summed E-state index contributed by atoms with van der Waals surface area (Å²) in [6, 6.07) is 11.2. The number of anilines is 1. The van der Waals surface area contributed by atoms with Gasteiger partial charge in [-0.1, -0.05) is 88.3 Å². The molecule has 0 unspecified atom stereocenters. The second kappa shape index (κ2) is 11.5. The van der Waals surface area contributed by atoms with Crippen molar-refractivity contribution in [2.24, 2.45) is 0 Å². The number of halogens is 5. The monoisotopic (exact) mass is 626 g/mol. The number of carbonyl (C=O) groups is 5. The molecule has 1 aliphatic heterocycles. The van der Waals surface area contributed by atoms with Gasteiger partial charge in [-0.15, -0.1) is 0 Å². The SMILES string of the molecule is C[C@H](C(=O)OCC(=O)Nc1ccc(Cl)cc1C(=O)c1ccccc1)N1C(=O)c2c(Cl)c(Cl)c(Cl)c(Cl)c2C1=O. The first-order valence-electron chi connectivity index (χ1n) is 11.0. The Hall–Kier alpha value is -3.14. The van der Waals surface area contributed by atoms with E-state index in [0.717, 1.165) is 0 Å². The Bertz CT molecular complexity index is 1510. The lowest BCUT2D eigenvalue weighted by Crippen LogP contribution is -2.44. The van der Waals surface area contributed by atoms with Gasteiger partial charge in [0.2, 0.25) is 0 Å². The topological polar surface area (TPSA) is 110 Å². The molecular weight excluding hydrogens is 614 g/mol. The molecule has 8 nitrogen and oxygen atoms in total. The van der Waals surface area contributed by atoms with E-state index in [1.807, 2.05) is 0 Å². The van der Waals surface area contributed by atoms with Gasteiger partial charge in [-0.25, -0.2) is 4.79 Å². The number of nitrogens with one attached hydrogen (secondary N) is 1. The Labute approximate surface area is 246 Å². The molecule has 4 rings (SSSR count). The van der Waals surface area contributed by atoms with Gasteiger partial charge in [0, 0.05) is 16.1 Å². The highest BCUT2D eigenvalue weighted by Gasteiger charge is 2.45. The minimum Gasteiger partial charge on any atom is -0.454 e. The number of carbonyl (C=O) groups excluding carboxylic acids is 5. The van der Waals surface area contributed by atoms with E-state index < -0.39 is 36.3 Å². The van der Waals surface area contributed by atoms with E-state index in [2.05, 4.69) is 5.32 Å². The first kappa shape index (κ1) is 28.9. The third kappa shape index (κ3) is 5.48. The van der Waals surface area contributed by atoms with Crippen LogP contribution in [-0.2, 0) is 14.3 Å². The Morgan fingerprint density at radius 1 is 0.846 bits per heavy atom. The highest BCUT2D eigenvalue weighted by Crippen LogP contribution is 2.45. The summed E-state index contributed by atoms with van der Waals surface area (Å²) in [7, 11) is 0. The fourth-order valence-electron chi connectivity index (χ4n) is 3.83. The first-order valence-corrected chi connectivity index (χ1v) is 12.9. The number of imide groups is 1. The van der Waals surface area contributed by atoms with Gasteiger partial charge in [-0.3, -0.25) is 24.1 Å². The average molecular weight is 629 g/mol. The normalized spacial score (nSPS) is 13.2. The first-order chi connectivity index (χ1) is 18.4. The molecule has 3 amide bonds. The highest BCUT2D eigenvalue weighted by molar-refractivity contribution is 6.55. The van der Waals surface area contributed by atoms with E-state index in [1.54, 1.807) is 30.3 Å². The standard InChI is InChI=1S/C26H15Cl5N2O6/c1-11(33-24(36)17-18(25(33)37)20(29)22(31)21(30)19(17)28)26(38)39-10-16(34)32-15-8-7-13(27)9-14(15)23(35)12-5-3-2-4-6-12/h2-9,11H,10H2,1H3,(H,32,34)/t11-/m1/s1. The second-order valence-corrected chi connectivity index (χ2v) is 10.2. The highest BCUT2D eigenvalue weighted by atomic mass is 35.5. The molecule has 200 valence electrons. The maximum atomic E-state index is 12.9. The Kier molecular flexibility index (Phi) is 8.54. The third-order valence-electron chi connectivity index (χ3n) is 5.74. The molecule has 0 saturated heterocycles. The summed E-state index contributed by atoms with van der Waals surface area (Å²) >= 11 is 30.3. The molecule has 1 heterocycles. The summed E-state index contributed by atoms with van der Waals surface area (Å²) < 4.78 is 5.04. The maximum absolute atomic E-state index is 12.9. The van der Waals surface area contributed by atoms with E-state index in [9.17, 15) is 24.0 Å². The van der Waals surface area contributed by atoms with Gasteiger partial charge in [-0.2, -0.15) is 0 Å². The van der Waals surface area contributed by atoms with Crippen LogP contribution in [0, 0.1) is 0 Å². The average Bonchev–Trinajstić information content (AvgIpc) is 3.19. The van der Waals surface area contributed by atoms with Crippen molar-refractivity contribution in [3.05, 3.63) is 95.9 Å². The van der Waals surface area contributed by atoms with Gasteiger partial charge in [0.05, 0.1) is 36.9 Å². The minimum absolute atomic E-state index is 0.124. The number of ether oxygens (including phenoxy) is 1.